The molecule has 0 saturated heterocycles. The van der Waals surface area contributed by atoms with Gasteiger partial charge in [0.1, 0.15) is 38.2 Å². The Balaban J connectivity index is 0.000000693. The molecule has 0 bridgehead atoms. The van der Waals surface area contributed by atoms with E-state index in [0.29, 0.717) is 0 Å². The molecule has 0 amide bonds. The fraction of sp³-hybridized carbons (Fsp3) is 0.263. The Labute approximate surface area is 703 Å². The van der Waals surface area contributed by atoms with Gasteiger partial charge < -0.3 is 9.97 Å². The van der Waals surface area contributed by atoms with E-state index < -0.39 is 0 Å². The van der Waals surface area contributed by atoms with Crippen molar-refractivity contribution in [1.82, 2.24) is 15.0 Å². The van der Waals surface area contributed by atoms with Crippen LogP contribution in [0.25, 0.3) is 127 Å². The van der Waals surface area contributed by atoms with Gasteiger partial charge in [-0.2, -0.15) is 82.4 Å². The fourth-order valence-electron chi connectivity index (χ4n) is 11.3. The second-order valence-electron chi connectivity index (χ2n) is 21.2. The summed E-state index contributed by atoms with van der Waals surface area (Å²) < 4.78 is 6.38. The fourth-order valence-corrected chi connectivity index (χ4v) is 11.3. The average molecular weight is 1600 g/mol. The molecule has 1 aliphatic carbocycles. The summed E-state index contributed by atoms with van der Waals surface area (Å²) in [5.74, 6) is 0. The number of pyridine rings is 6. The maximum Gasteiger partial charge on any atom is 0.161 e. The monoisotopic (exact) mass is 1600 g/mol. The van der Waals surface area contributed by atoms with Gasteiger partial charge >= 0.3 is 0 Å². The summed E-state index contributed by atoms with van der Waals surface area (Å²) in [5, 5.41) is 9.05. The molecule has 0 unspecified atom stereocenters. The van der Waals surface area contributed by atoms with Crippen molar-refractivity contribution in [2.75, 3.05) is 0 Å². The third-order valence-electron chi connectivity index (χ3n) is 15.7. The maximum atomic E-state index is 4.94. The number of hydrogen-bond donors (Lipinski definition) is 0. The van der Waals surface area contributed by atoms with Crippen molar-refractivity contribution >= 4 is 60.2 Å². The van der Waals surface area contributed by atoms with Gasteiger partial charge in [-0.15, -0.1) is 80.7 Å². The van der Waals surface area contributed by atoms with E-state index in [1.807, 2.05) is 161 Å². The molecule has 533 valence electrons. The second-order valence-corrected chi connectivity index (χ2v) is 21.2. The maximum absolute atomic E-state index is 4.94. The Bertz CT molecular complexity index is 4880. The van der Waals surface area contributed by atoms with Crippen LogP contribution in [0.2, 0.25) is 0 Å². The second kappa shape index (κ2) is 51.3. The Morgan fingerprint density at radius 2 is 0.779 bits per heavy atom. The van der Waals surface area contributed by atoms with E-state index in [1.165, 1.54) is 33.0 Å². The van der Waals surface area contributed by atoms with Crippen molar-refractivity contribution in [2.24, 2.45) is 21.1 Å². The molecule has 8 aromatic carbocycles. The Hall–Kier alpha value is -6.99. The first kappa shape index (κ1) is 95.0. The van der Waals surface area contributed by atoms with Crippen LogP contribution >= 0.6 is 0 Å². The summed E-state index contributed by atoms with van der Waals surface area (Å²) >= 11 is 0. The minimum atomic E-state index is 0. The molecular weight excluding hydrogens is 1490 g/mol. The van der Waals surface area contributed by atoms with Crippen molar-refractivity contribution in [3.63, 3.8) is 0 Å². The van der Waals surface area contributed by atoms with Gasteiger partial charge in [0.2, 0.25) is 0 Å². The van der Waals surface area contributed by atoms with E-state index in [2.05, 4.69) is 285 Å². The summed E-state index contributed by atoms with van der Waals surface area (Å²) in [6, 6.07) is 84.4. The van der Waals surface area contributed by atoms with E-state index in [4.69, 9.17) is 9.97 Å². The van der Waals surface area contributed by atoms with Crippen LogP contribution < -0.4 is 13.7 Å². The summed E-state index contributed by atoms with van der Waals surface area (Å²) in [6.07, 6.45) is 15.2. The molecule has 104 heavy (non-hydrogen) atoms. The zero-order valence-corrected chi connectivity index (χ0v) is 75.5. The molecule has 3 radical (unpaired) electrons. The predicted molar refractivity (Wildman–Crippen MR) is 438 cm³/mol. The van der Waals surface area contributed by atoms with Crippen molar-refractivity contribution < 1.29 is 112 Å². The number of aromatic nitrogens is 6. The number of rotatable bonds is 6. The Kier molecular flexibility index (Phi) is 46.8. The van der Waals surface area contributed by atoms with Crippen molar-refractivity contribution in [2.45, 2.75) is 152 Å². The molecule has 0 fully saturated rings. The number of benzene rings is 8. The molecule has 0 N–H and O–H groups in total. The quantitative estimate of drug-likeness (QED) is 0.0947. The van der Waals surface area contributed by atoms with Crippen molar-refractivity contribution in [3.8, 4) is 67.3 Å². The topological polar surface area (TPSA) is 50.3 Å². The van der Waals surface area contributed by atoms with Gasteiger partial charge in [0.15, 0.2) is 18.6 Å². The average Bonchev–Trinajstić information content (AvgIpc) is 0.782. The first-order valence-corrected chi connectivity index (χ1v) is 37.0. The van der Waals surface area contributed by atoms with Gasteiger partial charge in [0.05, 0.1) is 0 Å². The van der Waals surface area contributed by atoms with Crippen LogP contribution in [0, 0.1) is 57.2 Å². The predicted octanol–water partition coefficient (Wildman–Crippen LogP) is 25.0. The summed E-state index contributed by atoms with van der Waals surface area (Å²) in [5.41, 5.74) is 20.6. The molecule has 6 nitrogen and oxygen atoms in total. The van der Waals surface area contributed by atoms with Gasteiger partial charge in [-0.05, 0) is 35.4 Å². The van der Waals surface area contributed by atoms with Gasteiger partial charge in [0, 0.05) is 139 Å². The standard InChI is InChI=1S/2C26H19N2.C25H19N2.9C2H6.3Y/c1-18-12-13-19(16-23(18)25-11-5-6-15-28(25)2)24-17-20-8-7-14-27-26(20)22-10-4-3-9-21(22)24;1-18-10-11-20(16-24(18)25-9-5-6-14-28(25)2)22-15-21-13-12-19-7-3-4-8-23(19)26(21)27-17-22;1-17-12-13-19(15-21(17)24-11-3-4-14-27(24)2)23-16-20-9-5-7-18-8-6-10-22(26-23)25(18)20;9*1-2;;;/h3-15H,1-2H3;3-14,17H,1-2H3;3-9,11-14H,10H2,1-2H3;9*1-2H3;;;/q3*-1;;;;;;;;;;;;. The van der Waals surface area contributed by atoms with Gasteiger partial charge in [0.25, 0.3) is 0 Å². The molecule has 1 aliphatic rings. The molecule has 15 rings (SSSR count). The summed E-state index contributed by atoms with van der Waals surface area (Å²) in [4.78, 5) is 14.3. The van der Waals surface area contributed by atoms with Gasteiger partial charge in [-0.1, -0.05) is 287 Å². The molecule has 0 spiro atoms. The smallest absolute Gasteiger partial charge is 0.161 e. The molecule has 0 aliphatic heterocycles. The van der Waals surface area contributed by atoms with Crippen LogP contribution in [0.5, 0.6) is 0 Å². The molecule has 9 heteroatoms. The van der Waals surface area contributed by atoms with E-state index in [9.17, 15) is 0 Å². The molecular formula is C95H111N6Y3-3. The summed E-state index contributed by atoms with van der Waals surface area (Å²) in [7, 11) is 6.19. The molecule has 0 atom stereocenters. The van der Waals surface area contributed by atoms with Crippen LogP contribution in [0.3, 0.4) is 0 Å². The Morgan fingerprint density at radius 1 is 0.337 bits per heavy atom. The third kappa shape index (κ3) is 23.8. The van der Waals surface area contributed by atoms with Crippen LogP contribution in [-0.4, -0.2) is 15.0 Å². The van der Waals surface area contributed by atoms with Gasteiger partial charge in [-0.25, -0.2) is 13.7 Å². The van der Waals surface area contributed by atoms with E-state index in [1.54, 1.807) is 0 Å². The zero-order valence-electron chi connectivity index (χ0n) is 67.0. The first-order valence-electron chi connectivity index (χ1n) is 37.0. The van der Waals surface area contributed by atoms with Gasteiger partial charge in [-0.3, -0.25) is 4.98 Å². The number of nitrogens with zero attached hydrogens (tertiary/aromatic N) is 6. The molecule has 6 heterocycles. The van der Waals surface area contributed by atoms with Crippen LogP contribution in [-0.2, 0) is 126 Å². The van der Waals surface area contributed by atoms with E-state index >= 15 is 0 Å². The number of aryl methyl sites for hydroxylation is 6. The molecule has 0 saturated carbocycles. The first-order chi connectivity index (χ1) is 49.6. The molecule has 6 aromatic heterocycles. The van der Waals surface area contributed by atoms with Crippen LogP contribution in [0.1, 0.15) is 153 Å². The van der Waals surface area contributed by atoms with Crippen molar-refractivity contribution in [3.05, 3.63) is 283 Å². The zero-order chi connectivity index (χ0) is 74.6. The minimum absolute atomic E-state index is 0. The van der Waals surface area contributed by atoms with Crippen LogP contribution in [0.15, 0.2) is 219 Å². The Morgan fingerprint density at radius 3 is 1.32 bits per heavy atom. The summed E-state index contributed by atoms with van der Waals surface area (Å²) in [6.45, 7) is 42.4. The van der Waals surface area contributed by atoms with Crippen molar-refractivity contribution in [1.29, 1.82) is 0 Å². The normalized spacial score (nSPS) is 9.81. The van der Waals surface area contributed by atoms with E-state index in [0.717, 1.165) is 123 Å². The number of allylic oxidation sites excluding steroid dienone is 1. The number of hydrogen-bond acceptors (Lipinski definition) is 3. The third-order valence-corrected chi connectivity index (χ3v) is 15.7. The largest absolute Gasteiger partial charge is 0.341 e. The SMILES string of the molecule is CC.CC.CC.CC.CC.CC.CC.CC.CC.Cc1ccc(-c2[c-]c3ccc4ccccc4c3nc2)[c-]c1-c1cccc[n+]1C.Cc1ccc(-c2[c-]c3cccc4c3c(n2)CC=C4)[c-]c1-c1cccc[n+]1C.Cc1ccc(-c2[c-]c3cccnc3c3ccccc23)[c-]c1-c1cccc[n+]1C.[Y].[Y].[Y]. The minimum Gasteiger partial charge on any atom is -0.341 e. The van der Waals surface area contributed by atoms with Crippen LogP contribution in [0.4, 0.5) is 0 Å². The molecule has 14 aromatic rings. The van der Waals surface area contributed by atoms with E-state index in [-0.39, 0.29) is 98.1 Å². The number of fused-ring (bicyclic) bond motifs is 6.